The Labute approximate surface area is 159 Å². The Morgan fingerprint density at radius 1 is 1.35 bits per heavy atom. The predicted molar refractivity (Wildman–Crippen MR) is 103 cm³/mol. The molecule has 2 aromatic rings. The van der Waals surface area contributed by atoms with Crippen molar-refractivity contribution in [1.29, 1.82) is 0 Å². The fourth-order valence-corrected chi connectivity index (χ4v) is 3.68. The molecule has 1 fully saturated rings. The summed E-state index contributed by atoms with van der Waals surface area (Å²) in [5, 5.41) is 15.5. The zero-order valence-corrected chi connectivity index (χ0v) is 16.3. The summed E-state index contributed by atoms with van der Waals surface area (Å²) < 4.78 is 1.90. The Morgan fingerprint density at radius 3 is 2.73 bits per heavy atom. The molecular formula is C19H26ClN5O. The fourth-order valence-electron chi connectivity index (χ4n) is 3.48. The van der Waals surface area contributed by atoms with Gasteiger partial charge in [0.1, 0.15) is 0 Å². The molecule has 1 aliphatic heterocycles. The van der Waals surface area contributed by atoms with Gasteiger partial charge in [-0.1, -0.05) is 35.0 Å². The molecule has 140 valence electrons. The van der Waals surface area contributed by atoms with Gasteiger partial charge in [-0.25, -0.2) is 4.68 Å². The molecule has 2 N–H and O–H groups in total. The van der Waals surface area contributed by atoms with Crippen molar-refractivity contribution in [2.24, 2.45) is 0 Å². The number of piperidine rings is 1. The van der Waals surface area contributed by atoms with Crippen LogP contribution in [0.3, 0.4) is 0 Å². The van der Waals surface area contributed by atoms with Gasteiger partial charge in [0.2, 0.25) is 0 Å². The van der Waals surface area contributed by atoms with Crippen LogP contribution in [0.2, 0.25) is 5.02 Å². The molecule has 1 aromatic heterocycles. The molecule has 0 atom stereocenters. The number of amides is 1. The second-order valence-electron chi connectivity index (χ2n) is 7.56. The maximum absolute atomic E-state index is 12.8. The maximum atomic E-state index is 12.8. The molecule has 0 spiro atoms. The Morgan fingerprint density at radius 2 is 2.04 bits per heavy atom. The largest absolute Gasteiger partial charge is 0.345 e. The van der Waals surface area contributed by atoms with Crippen LogP contribution in [0.4, 0.5) is 0 Å². The molecule has 0 radical (unpaired) electrons. The summed E-state index contributed by atoms with van der Waals surface area (Å²) in [7, 11) is 0. The van der Waals surface area contributed by atoms with E-state index < -0.39 is 5.54 Å². The molecule has 1 aliphatic rings. The number of nitrogens with zero attached hydrogens (tertiary/aromatic N) is 3. The van der Waals surface area contributed by atoms with Crippen molar-refractivity contribution in [2.45, 2.75) is 51.6 Å². The lowest BCUT2D eigenvalue weighted by Gasteiger charge is -2.27. The van der Waals surface area contributed by atoms with Crippen LogP contribution in [0.25, 0.3) is 0 Å². The van der Waals surface area contributed by atoms with E-state index in [1.54, 1.807) is 0 Å². The number of aromatic nitrogens is 3. The smallest absolute Gasteiger partial charge is 0.274 e. The van der Waals surface area contributed by atoms with Crippen molar-refractivity contribution >= 4 is 17.5 Å². The zero-order valence-electron chi connectivity index (χ0n) is 15.6. The SMILES string of the molecule is Cc1c(C(=O)NC(C)(C)Cc2ccccc2Cl)nnn1C1CCNCC1. The number of carbonyl (C=O) groups excluding carboxylic acids is 1. The minimum atomic E-state index is -0.451. The van der Waals surface area contributed by atoms with E-state index in [9.17, 15) is 4.79 Å². The Kier molecular flexibility index (Phi) is 5.63. The van der Waals surface area contributed by atoms with Crippen LogP contribution >= 0.6 is 11.6 Å². The van der Waals surface area contributed by atoms with Crippen LogP contribution in [-0.4, -0.2) is 39.5 Å². The molecule has 6 nitrogen and oxygen atoms in total. The van der Waals surface area contributed by atoms with E-state index in [-0.39, 0.29) is 5.91 Å². The van der Waals surface area contributed by atoms with Crippen LogP contribution < -0.4 is 10.6 Å². The predicted octanol–water partition coefficient (Wildman–Crippen LogP) is 2.92. The highest BCUT2D eigenvalue weighted by Gasteiger charge is 2.27. The first-order valence-electron chi connectivity index (χ1n) is 9.06. The van der Waals surface area contributed by atoms with Crippen LogP contribution in [0.15, 0.2) is 24.3 Å². The number of halogens is 1. The Hall–Kier alpha value is -1.92. The monoisotopic (exact) mass is 375 g/mol. The molecule has 3 rings (SSSR count). The maximum Gasteiger partial charge on any atom is 0.274 e. The van der Waals surface area contributed by atoms with E-state index in [0.29, 0.717) is 23.2 Å². The highest BCUT2D eigenvalue weighted by atomic mass is 35.5. The minimum Gasteiger partial charge on any atom is -0.345 e. The number of hydrogen-bond acceptors (Lipinski definition) is 4. The first-order chi connectivity index (χ1) is 12.4. The summed E-state index contributed by atoms with van der Waals surface area (Å²) in [5.74, 6) is -0.195. The third-order valence-corrected chi connectivity index (χ3v) is 5.21. The van der Waals surface area contributed by atoms with Gasteiger partial charge < -0.3 is 10.6 Å². The molecule has 7 heteroatoms. The van der Waals surface area contributed by atoms with Gasteiger partial charge in [0.05, 0.1) is 11.7 Å². The lowest BCUT2D eigenvalue weighted by molar-refractivity contribution is 0.0907. The van der Waals surface area contributed by atoms with E-state index in [0.717, 1.165) is 37.2 Å². The summed E-state index contributed by atoms with van der Waals surface area (Å²) in [6.45, 7) is 7.83. The quantitative estimate of drug-likeness (QED) is 0.842. The third kappa shape index (κ3) is 4.24. The molecule has 0 bridgehead atoms. The zero-order chi connectivity index (χ0) is 18.7. The van der Waals surface area contributed by atoms with Gasteiger partial charge in [-0.3, -0.25) is 4.79 Å². The number of rotatable bonds is 5. The normalized spacial score (nSPS) is 15.8. The Balaban J connectivity index is 1.71. The lowest BCUT2D eigenvalue weighted by Crippen LogP contribution is -2.45. The first kappa shape index (κ1) is 18.9. The van der Waals surface area contributed by atoms with Gasteiger partial charge in [-0.05, 0) is 64.8 Å². The highest BCUT2D eigenvalue weighted by Crippen LogP contribution is 2.23. The van der Waals surface area contributed by atoms with Crippen molar-refractivity contribution in [3.05, 3.63) is 46.2 Å². The summed E-state index contributed by atoms with van der Waals surface area (Å²) >= 11 is 6.25. The van der Waals surface area contributed by atoms with Gasteiger partial charge in [-0.2, -0.15) is 0 Å². The van der Waals surface area contributed by atoms with Crippen LogP contribution in [0.5, 0.6) is 0 Å². The first-order valence-corrected chi connectivity index (χ1v) is 9.43. The number of nitrogens with one attached hydrogen (secondary N) is 2. The van der Waals surface area contributed by atoms with E-state index >= 15 is 0 Å². The second-order valence-corrected chi connectivity index (χ2v) is 7.96. The molecule has 0 saturated carbocycles. The summed E-state index contributed by atoms with van der Waals surface area (Å²) in [5.41, 5.74) is 1.78. The molecule has 0 aliphatic carbocycles. The molecular weight excluding hydrogens is 350 g/mol. The van der Waals surface area contributed by atoms with Gasteiger partial charge in [0.25, 0.3) is 5.91 Å². The van der Waals surface area contributed by atoms with Crippen molar-refractivity contribution in [2.75, 3.05) is 13.1 Å². The van der Waals surface area contributed by atoms with Crippen molar-refractivity contribution in [3.63, 3.8) is 0 Å². The number of hydrogen-bond donors (Lipinski definition) is 2. The molecule has 2 heterocycles. The van der Waals surface area contributed by atoms with Gasteiger partial charge in [0, 0.05) is 10.6 Å². The molecule has 1 saturated heterocycles. The fraction of sp³-hybridized carbons (Fsp3) is 0.526. The van der Waals surface area contributed by atoms with E-state index in [1.807, 2.05) is 49.7 Å². The van der Waals surface area contributed by atoms with Gasteiger partial charge in [0.15, 0.2) is 5.69 Å². The van der Waals surface area contributed by atoms with Crippen molar-refractivity contribution in [1.82, 2.24) is 25.6 Å². The number of carbonyl (C=O) groups is 1. The minimum absolute atomic E-state index is 0.195. The van der Waals surface area contributed by atoms with Gasteiger partial charge in [-0.15, -0.1) is 5.10 Å². The van der Waals surface area contributed by atoms with E-state index in [2.05, 4.69) is 20.9 Å². The highest BCUT2D eigenvalue weighted by molar-refractivity contribution is 6.31. The lowest BCUT2D eigenvalue weighted by atomic mass is 9.94. The Bertz CT molecular complexity index is 780. The van der Waals surface area contributed by atoms with E-state index in [4.69, 9.17) is 11.6 Å². The van der Waals surface area contributed by atoms with Crippen molar-refractivity contribution in [3.8, 4) is 0 Å². The van der Waals surface area contributed by atoms with Crippen LogP contribution in [-0.2, 0) is 6.42 Å². The second kappa shape index (κ2) is 7.76. The summed E-state index contributed by atoms with van der Waals surface area (Å²) in [4.78, 5) is 12.8. The van der Waals surface area contributed by atoms with E-state index in [1.165, 1.54) is 0 Å². The topological polar surface area (TPSA) is 71.8 Å². The average molecular weight is 376 g/mol. The molecule has 0 unspecified atom stereocenters. The molecule has 26 heavy (non-hydrogen) atoms. The third-order valence-electron chi connectivity index (χ3n) is 4.84. The van der Waals surface area contributed by atoms with Crippen LogP contribution in [0.1, 0.15) is 54.5 Å². The summed E-state index contributed by atoms with van der Waals surface area (Å²) in [6, 6.07) is 8.01. The van der Waals surface area contributed by atoms with Gasteiger partial charge >= 0.3 is 0 Å². The number of benzene rings is 1. The summed E-state index contributed by atoms with van der Waals surface area (Å²) in [6.07, 6.45) is 2.65. The average Bonchev–Trinajstić information content (AvgIpc) is 2.99. The standard InChI is InChI=1S/C19H26ClN5O/c1-13-17(23-24-25(13)15-8-10-21-11-9-15)18(26)22-19(2,3)12-14-6-4-5-7-16(14)20/h4-7,15,21H,8-12H2,1-3H3,(H,22,26). The van der Waals surface area contributed by atoms with Crippen molar-refractivity contribution < 1.29 is 4.79 Å². The molecule has 1 amide bonds. The molecule has 1 aromatic carbocycles. The van der Waals surface area contributed by atoms with Crippen LogP contribution in [0, 0.1) is 6.92 Å².